The number of Topliss-reactive ketones (excluding diaryl/α,β-unsaturated/α-hetero) is 1. The Morgan fingerprint density at radius 3 is 2.29 bits per heavy atom. The lowest BCUT2D eigenvalue weighted by Crippen LogP contribution is -2.09. The fraction of sp³-hybridized carbons (Fsp3) is 0.769. The monoisotopic (exact) mass is 241 g/mol. The van der Waals surface area contributed by atoms with Gasteiger partial charge in [0.2, 0.25) is 5.78 Å². The summed E-state index contributed by atoms with van der Waals surface area (Å²) in [6, 6.07) is 0. The van der Waals surface area contributed by atoms with Crippen LogP contribution in [0.5, 0.6) is 0 Å². The molecule has 0 saturated heterocycles. The Morgan fingerprint density at radius 1 is 1.06 bits per heavy atom. The van der Waals surface area contributed by atoms with Gasteiger partial charge in [0.25, 0.3) is 0 Å². The predicted octanol–water partition coefficient (Wildman–Crippen LogP) is 1.13. The first-order valence-corrected chi connectivity index (χ1v) is 6.12. The molecule has 2 N–H and O–H groups in total. The van der Waals surface area contributed by atoms with Crippen LogP contribution in [0.3, 0.4) is 0 Å². The van der Waals surface area contributed by atoms with Crippen molar-refractivity contribution in [3.8, 4) is 11.8 Å². The summed E-state index contributed by atoms with van der Waals surface area (Å²) in [4.78, 5) is 11.0. The molecule has 0 heterocycles. The molecule has 0 rings (SSSR count). The quantitative estimate of drug-likeness (QED) is 0.335. The Hall–Kier alpha value is -0.890. The summed E-state index contributed by atoms with van der Waals surface area (Å²) in [6.07, 6.45) is 4.25. The highest BCUT2D eigenvalue weighted by molar-refractivity contribution is 5.96. The third-order valence-corrected chi connectivity index (χ3v) is 2.09. The Balaban J connectivity index is 3.07. The number of hydrogen-bond acceptors (Lipinski definition) is 4. The van der Waals surface area contributed by atoms with Crippen molar-refractivity contribution < 1.29 is 14.3 Å². The SMILES string of the molecule is CC#CC(=O)COCCCCCCOCCN. The largest absolute Gasteiger partial charge is 0.380 e. The Kier molecular flexibility index (Phi) is 12.5. The molecule has 0 atom stereocenters. The van der Waals surface area contributed by atoms with E-state index >= 15 is 0 Å². The van der Waals surface area contributed by atoms with E-state index in [9.17, 15) is 4.79 Å². The van der Waals surface area contributed by atoms with Crippen molar-refractivity contribution in [3.05, 3.63) is 0 Å². The van der Waals surface area contributed by atoms with Gasteiger partial charge in [-0.2, -0.15) is 0 Å². The summed E-state index contributed by atoms with van der Waals surface area (Å²) in [5, 5.41) is 0. The van der Waals surface area contributed by atoms with E-state index in [0.29, 0.717) is 19.8 Å². The van der Waals surface area contributed by atoms with E-state index in [4.69, 9.17) is 15.2 Å². The molecule has 0 aromatic rings. The predicted molar refractivity (Wildman–Crippen MR) is 67.6 cm³/mol. The summed E-state index contributed by atoms with van der Waals surface area (Å²) in [5.41, 5.74) is 5.29. The lowest BCUT2D eigenvalue weighted by Gasteiger charge is -2.03. The molecule has 0 amide bonds. The first kappa shape index (κ1) is 16.1. The summed E-state index contributed by atoms with van der Waals surface area (Å²) in [5.74, 6) is 4.84. The minimum atomic E-state index is -0.150. The fourth-order valence-electron chi connectivity index (χ4n) is 1.29. The van der Waals surface area contributed by atoms with E-state index in [1.165, 1.54) is 0 Å². The minimum absolute atomic E-state index is 0.112. The smallest absolute Gasteiger partial charge is 0.231 e. The van der Waals surface area contributed by atoms with Crippen LogP contribution in [0.4, 0.5) is 0 Å². The molecule has 0 saturated carbocycles. The lowest BCUT2D eigenvalue weighted by atomic mass is 10.2. The number of hydrogen-bond donors (Lipinski definition) is 1. The van der Waals surface area contributed by atoms with Crippen LogP contribution in [-0.2, 0) is 14.3 Å². The lowest BCUT2D eigenvalue weighted by molar-refractivity contribution is -0.118. The molecule has 0 aliphatic heterocycles. The van der Waals surface area contributed by atoms with Crippen LogP contribution in [-0.4, -0.2) is 38.8 Å². The average molecular weight is 241 g/mol. The molecule has 0 unspecified atom stereocenters. The normalized spacial score (nSPS) is 9.76. The van der Waals surface area contributed by atoms with Crippen molar-refractivity contribution in [2.75, 3.05) is 33.0 Å². The van der Waals surface area contributed by atoms with E-state index in [0.717, 1.165) is 32.3 Å². The Labute approximate surface area is 104 Å². The van der Waals surface area contributed by atoms with Crippen LogP contribution in [0.1, 0.15) is 32.6 Å². The molecule has 17 heavy (non-hydrogen) atoms. The molecule has 4 nitrogen and oxygen atoms in total. The maximum Gasteiger partial charge on any atom is 0.231 e. The van der Waals surface area contributed by atoms with Gasteiger partial charge in [0.1, 0.15) is 6.61 Å². The Morgan fingerprint density at radius 2 is 1.71 bits per heavy atom. The van der Waals surface area contributed by atoms with E-state index in [1.54, 1.807) is 6.92 Å². The van der Waals surface area contributed by atoms with Gasteiger partial charge in [-0.1, -0.05) is 18.8 Å². The molecule has 0 aromatic carbocycles. The second kappa shape index (κ2) is 13.2. The number of unbranched alkanes of at least 4 members (excludes halogenated alkanes) is 3. The van der Waals surface area contributed by atoms with Crippen molar-refractivity contribution in [3.63, 3.8) is 0 Å². The van der Waals surface area contributed by atoms with Gasteiger partial charge < -0.3 is 15.2 Å². The zero-order valence-corrected chi connectivity index (χ0v) is 10.7. The molecule has 4 heteroatoms. The van der Waals surface area contributed by atoms with Crippen LogP contribution < -0.4 is 5.73 Å². The van der Waals surface area contributed by atoms with Crippen LogP contribution in [0.25, 0.3) is 0 Å². The highest BCUT2D eigenvalue weighted by Crippen LogP contribution is 2.00. The summed E-state index contributed by atoms with van der Waals surface area (Å²) >= 11 is 0. The van der Waals surface area contributed by atoms with Gasteiger partial charge in [-0.25, -0.2) is 0 Å². The maximum absolute atomic E-state index is 11.0. The number of nitrogens with two attached hydrogens (primary N) is 1. The molecular weight excluding hydrogens is 218 g/mol. The number of ether oxygens (including phenoxy) is 2. The summed E-state index contributed by atoms with van der Waals surface area (Å²) < 4.78 is 10.4. The number of carbonyl (C=O) groups excluding carboxylic acids is 1. The zero-order chi connectivity index (χ0) is 12.8. The van der Waals surface area contributed by atoms with Gasteiger partial charge in [0.15, 0.2) is 0 Å². The van der Waals surface area contributed by atoms with E-state index < -0.39 is 0 Å². The topological polar surface area (TPSA) is 61.5 Å². The first-order chi connectivity index (χ1) is 8.31. The second-order valence-electron chi connectivity index (χ2n) is 3.67. The molecular formula is C13H23NO3. The van der Waals surface area contributed by atoms with Gasteiger partial charge in [-0.05, 0) is 25.7 Å². The fourth-order valence-corrected chi connectivity index (χ4v) is 1.29. The van der Waals surface area contributed by atoms with Crippen LogP contribution in [0.15, 0.2) is 0 Å². The highest BCUT2D eigenvalue weighted by Gasteiger charge is 1.96. The number of carbonyl (C=O) groups is 1. The van der Waals surface area contributed by atoms with Crippen LogP contribution in [0, 0.1) is 11.8 Å². The van der Waals surface area contributed by atoms with Crippen molar-refractivity contribution >= 4 is 5.78 Å². The highest BCUT2D eigenvalue weighted by atomic mass is 16.5. The summed E-state index contributed by atoms with van der Waals surface area (Å²) in [7, 11) is 0. The van der Waals surface area contributed by atoms with Crippen LogP contribution >= 0.6 is 0 Å². The standard InChI is InChI=1S/C13H23NO3/c1-2-7-13(15)12-17-10-6-4-3-5-9-16-11-8-14/h3-6,8-12,14H2,1H3. The average Bonchev–Trinajstić information content (AvgIpc) is 2.32. The minimum Gasteiger partial charge on any atom is -0.380 e. The molecule has 0 aromatic heterocycles. The van der Waals surface area contributed by atoms with E-state index in [1.807, 2.05) is 0 Å². The van der Waals surface area contributed by atoms with E-state index in [-0.39, 0.29) is 12.4 Å². The second-order valence-corrected chi connectivity index (χ2v) is 3.67. The zero-order valence-electron chi connectivity index (χ0n) is 10.7. The van der Waals surface area contributed by atoms with Crippen molar-refractivity contribution in [1.82, 2.24) is 0 Å². The summed E-state index contributed by atoms with van der Waals surface area (Å²) in [6.45, 7) is 4.39. The van der Waals surface area contributed by atoms with Crippen LogP contribution in [0.2, 0.25) is 0 Å². The number of ketones is 1. The molecule has 0 fully saturated rings. The number of rotatable bonds is 11. The van der Waals surface area contributed by atoms with Crippen molar-refractivity contribution in [1.29, 1.82) is 0 Å². The van der Waals surface area contributed by atoms with Crippen molar-refractivity contribution in [2.24, 2.45) is 5.73 Å². The molecule has 0 aliphatic carbocycles. The molecule has 0 spiro atoms. The van der Waals surface area contributed by atoms with Gasteiger partial charge in [-0.15, -0.1) is 0 Å². The van der Waals surface area contributed by atoms with Gasteiger partial charge in [-0.3, -0.25) is 4.79 Å². The third kappa shape index (κ3) is 13.0. The maximum atomic E-state index is 11.0. The van der Waals surface area contributed by atoms with Gasteiger partial charge in [0, 0.05) is 19.8 Å². The molecule has 98 valence electrons. The third-order valence-electron chi connectivity index (χ3n) is 2.09. The van der Waals surface area contributed by atoms with Gasteiger partial charge >= 0.3 is 0 Å². The van der Waals surface area contributed by atoms with E-state index in [2.05, 4.69) is 11.8 Å². The van der Waals surface area contributed by atoms with Crippen molar-refractivity contribution in [2.45, 2.75) is 32.6 Å². The molecule has 0 aliphatic rings. The van der Waals surface area contributed by atoms with Gasteiger partial charge in [0.05, 0.1) is 6.61 Å². The molecule has 0 bridgehead atoms. The molecule has 0 radical (unpaired) electrons. The first-order valence-electron chi connectivity index (χ1n) is 6.12. The Bertz CT molecular complexity index is 243.